The van der Waals surface area contributed by atoms with Gasteiger partial charge in [0.15, 0.2) is 5.96 Å². The minimum Gasteiger partial charge on any atom is -0.480 e. The number of hydrogen-bond acceptors (Lipinski definition) is 8. The summed E-state index contributed by atoms with van der Waals surface area (Å²) in [4.78, 5) is 68.6. The van der Waals surface area contributed by atoms with E-state index in [0.717, 1.165) is 5.56 Å². The summed E-state index contributed by atoms with van der Waals surface area (Å²) >= 11 is 0. The molecule has 1 aliphatic heterocycles. The molecule has 0 spiro atoms. The number of nitrogens with zero attached hydrogens (tertiary/aromatic N) is 2. The zero-order chi connectivity index (χ0) is 30.6. The van der Waals surface area contributed by atoms with Crippen LogP contribution in [-0.2, 0) is 35.3 Å². The van der Waals surface area contributed by atoms with E-state index in [2.05, 4.69) is 15.6 Å². The number of rotatable bonds is 13. The number of carboxylic acids is 1. The first-order chi connectivity index (χ1) is 19.3. The number of aliphatic carboxylic acids is 1. The standard InChI is InChI=1S/C27H40N6O8/c1-27(2,3)41-26(39)32-19(15-21(34)40-16-17-9-5-4-6-10-17)23(36)33-14-8-12-20(33)22(35)31-18(24(37)38)11-7-13-30-25(28)29/h4-6,9-10,18-20H,7-8,11-16H2,1-3H3,(H,31,35)(H,32,39)(H,37,38)(H4,28,29,30)/t18-,19-,20+/m1/s1. The maximum absolute atomic E-state index is 13.6. The highest BCUT2D eigenvalue weighted by molar-refractivity contribution is 5.95. The maximum atomic E-state index is 13.6. The predicted molar refractivity (Wildman–Crippen MR) is 148 cm³/mol. The topological polar surface area (TPSA) is 216 Å². The van der Waals surface area contributed by atoms with Crippen LogP contribution in [0.1, 0.15) is 58.4 Å². The molecule has 1 fully saturated rings. The second-order valence-electron chi connectivity index (χ2n) is 10.6. The van der Waals surface area contributed by atoms with Gasteiger partial charge in [0.2, 0.25) is 11.8 Å². The lowest BCUT2D eigenvalue weighted by Gasteiger charge is -2.29. The number of aliphatic imine (C=N–C) groups is 1. The molecule has 1 aromatic rings. The molecule has 0 unspecified atom stereocenters. The van der Waals surface area contributed by atoms with Crippen molar-refractivity contribution in [2.45, 2.75) is 83.2 Å². The summed E-state index contributed by atoms with van der Waals surface area (Å²) in [5, 5.41) is 14.5. The van der Waals surface area contributed by atoms with E-state index in [9.17, 15) is 29.1 Å². The lowest BCUT2D eigenvalue weighted by molar-refractivity contribution is -0.149. The van der Waals surface area contributed by atoms with Crippen LogP contribution >= 0.6 is 0 Å². The fourth-order valence-corrected chi connectivity index (χ4v) is 4.15. The minimum atomic E-state index is -1.38. The number of nitrogens with two attached hydrogens (primary N) is 2. The molecule has 1 aliphatic rings. The number of amides is 3. The number of ether oxygens (including phenoxy) is 2. The summed E-state index contributed by atoms with van der Waals surface area (Å²) in [5.74, 6) is -3.46. The number of likely N-dealkylation sites (tertiary alicyclic amines) is 1. The van der Waals surface area contributed by atoms with Crippen molar-refractivity contribution in [2.24, 2.45) is 16.5 Å². The molecule has 3 amide bonds. The fraction of sp³-hybridized carbons (Fsp3) is 0.556. The second-order valence-corrected chi connectivity index (χ2v) is 10.6. The summed E-state index contributed by atoms with van der Waals surface area (Å²) in [6.07, 6.45) is -0.319. The number of benzene rings is 1. The third kappa shape index (κ3) is 11.7. The highest BCUT2D eigenvalue weighted by Gasteiger charge is 2.40. The highest BCUT2D eigenvalue weighted by Crippen LogP contribution is 2.20. The van der Waals surface area contributed by atoms with Gasteiger partial charge in [0.05, 0.1) is 6.42 Å². The SMILES string of the molecule is CC(C)(C)OC(=O)N[C@H](CC(=O)OCc1ccccc1)C(=O)N1CCC[C@H]1C(=O)N[C@H](CCCN=C(N)N)C(=O)O. The number of carboxylic acid groups (broad SMARTS) is 1. The maximum Gasteiger partial charge on any atom is 0.408 e. The van der Waals surface area contributed by atoms with Gasteiger partial charge in [-0.05, 0) is 52.0 Å². The first-order valence-corrected chi connectivity index (χ1v) is 13.3. The Morgan fingerprint density at radius 3 is 2.39 bits per heavy atom. The summed E-state index contributed by atoms with van der Waals surface area (Å²) in [7, 11) is 0. The summed E-state index contributed by atoms with van der Waals surface area (Å²) in [6.45, 7) is 5.28. The van der Waals surface area contributed by atoms with Crippen molar-refractivity contribution >= 4 is 35.8 Å². The minimum absolute atomic E-state index is 0.0263. The van der Waals surface area contributed by atoms with Crippen molar-refractivity contribution in [1.82, 2.24) is 15.5 Å². The largest absolute Gasteiger partial charge is 0.480 e. The van der Waals surface area contributed by atoms with Gasteiger partial charge in [0.1, 0.15) is 30.3 Å². The van der Waals surface area contributed by atoms with Crippen LogP contribution in [0.3, 0.4) is 0 Å². The molecule has 14 nitrogen and oxygen atoms in total. The number of carbonyl (C=O) groups is 5. The van der Waals surface area contributed by atoms with E-state index in [-0.39, 0.29) is 38.5 Å². The van der Waals surface area contributed by atoms with Crippen molar-refractivity contribution in [2.75, 3.05) is 13.1 Å². The Kier molecular flexibility index (Phi) is 12.4. The average molecular weight is 577 g/mol. The molecule has 1 aromatic carbocycles. The molecular formula is C27H40N6O8. The zero-order valence-corrected chi connectivity index (χ0v) is 23.6. The molecule has 0 aliphatic carbocycles. The number of nitrogens with one attached hydrogen (secondary N) is 2. The number of carbonyl (C=O) groups excluding carboxylic acids is 4. The van der Waals surface area contributed by atoms with E-state index < -0.39 is 60.0 Å². The van der Waals surface area contributed by atoms with Gasteiger partial charge < -0.3 is 41.6 Å². The van der Waals surface area contributed by atoms with Crippen LogP contribution in [0.5, 0.6) is 0 Å². The molecule has 41 heavy (non-hydrogen) atoms. The first kappa shape index (κ1) is 32.8. The monoisotopic (exact) mass is 576 g/mol. The van der Waals surface area contributed by atoms with E-state index in [1.807, 2.05) is 6.07 Å². The van der Waals surface area contributed by atoms with E-state index in [1.54, 1.807) is 45.0 Å². The Balaban J connectivity index is 2.12. The van der Waals surface area contributed by atoms with E-state index >= 15 is 0 Å². The van der Waals surface area contributed by atoms with E-state index in [4.69, 9.17) is 20.9 Å². The molecule has 0 aromatic heterocycles. The van der Waals surface area contributed by atoms with Gasteiger partial charge >= 0.3 is 18.0 Å². The van der Waals surface area contributed by atoms with Gasteiger partial charge in [-0.3, -0.25) is 19.4 Å². The highest BCUT2D eigenvalue weighted by atomic mass is 16.6. The smallest absolute Gasteiger partial charge is 0.408 e. The van der Waals surface area contributed by atoms with Crippen LogP contribution in [0, 0.1) is 0 Å². The van der Waals surface area contributed by atoms with Gasteiger partial charge in [0, 0.05) is 13.1 Å². The van der Waals surface area contributed by atoms with Gasteiger partial charge in [-0.2, -0.15) is 0 Å². The molecule has 0 radical (unpaired) electrons. The predicted octanol–water partition coefficient (Wildman–Crippen LogP) is 0.627. The van der Waals surface area contributed by atoms with Crippen molar-refractivity contribution < 1.29 is 38.6 Å². The first-order valence-electron chi connectivity index (χ1n) is 13.3. The summed E-state index contributed by atoms with van der Waals surface area (Å²) in [6, 6.07) is 5.34. The molecule has 14 heteroatoms. The quantitative estimate of drug-likeness (QED) is 0.0955. The Morgan fingerprint density at radius 2 is 1.78 bits per heavy atom. The fourth-order valence-electron chi connectivity index (χ4n) is 4.15. The molecule has 1 heterocycles. The third-order valence-electron chi connectivity index (χ3n) is 6.00. The molecule has 0 bridgehead atoms. The molecule has 2 rings (SSSR count). The van der Waals surface area contributed by atoms with Crippen LogP contribution in [0.4, 0.5) is 4.79 Å². The van der Waals surface area contributed by atoms with Crippen molar-refractivity contribution in [3.63, 3.8) is 0 Å². The van der Waals surface area contributed by atoms with Gasteiger partial charge in [-0.25, -0.2) is 9.59 Å². The Labute approximate surface area is 238 Å². The zero-order valence-electron chi connectivity index (χ0n) is 23.6. The molecule has 1 saturated heterocycles. The Hall–Kier alpha value is -4.36. The van der Waals surface area contributed by atoms with E-state index in [1.165, 1.54) is 4.90 Å². The van der Waals surface area contributed by atoms with Crippen LogP contribution in [0.2, 0.25) is 0 Å². The summed E-state index contributed by atoms with van der Waals surface area (Å²) in [5.41, 5.74) is 10.4. The van der Waals surface area contributed by atoms with Crippen molar-refractivity contribution in [3.05, 3.63) is 35.9 Å². The number of esters is 1. The van der Waals surface area contributed by atoms with Gasteiger partial charge in [0.25, 0.3) is 0 Å². The molecule has 0 saturated carbocycles. The molecular weight excluding hydrogens is 536 g/mol. The van der Waals surface area contributed by atoms with Crippen LogP contribution in [0.15, 0.2) is 35.3 Å². The van der Waals surface area contributed by atoms with Crippen molar-refractivity contribution in [3.8, 4) is 0 Å². The number of hydrogen-bond donors (Lipinski definition) is 5. The molecule has 7 N–H and O–H groups in total. The Bertz CT molecular complexity index is 1100. The van der Waals surface area contributed by atoms with Crippen LogP contribution < -0.4 is 22.1 Å². The normalized spacial score (nSPS) is 16.2. The third-order valence-corrected chi connectivity index (χ3v) is 6.00. The van der Waals surface area contributed by atoms with Gasteiger partial charge in [-0.15, -0.1) is 0 Å². The van der Waals surface area contributed by atoms with E-state index in [0.29, 0.717) is 12.8 Å². The van der Waals surface area contributed by atoms with Crippen LogP contribution in [0.25, 0.3) is 0 Å². The van der Waals surface area contributed by atoms with Crippen LogP contribution in [-0.4, -0.2) is 82.6 Å². The average Bonchev–Trinajstić information content (AvgIpc) is 3.38. The lowest BCUT2D eigenvalue weighted by Crippen LogP contribution is -2.56. The Morgan fingerprint density at radius 1 is 1.10 bits per heavy atom. The number of alkyl carbamates (subject to hydrolysis) is 1. The lowest BCUT2D eigenvalue weighted by atomic mass is 10.1. The summed E-state index contributed by atoms with van der Waals surface area (Å²) < 4.78 is 10.6. The molecule has 226 valence electrons. The second kappa shape index (κ2) is 15.4. The molecule has 3 atom stereocenters. The van der Waals surface area contributed by atoms with Gasteiger partial charge in [-0.1, -0.05) is 30.3 Å². The van der Waals surface area contributed by atoms with Crippen molar-refractivity contribution in [1.29, 1.82) is 0 Å². The number of guanidine groups is 1.